The van der Waals surface area contributed by atoms with Gasteiger partial charge in [0.25, 0.3) is 0 Å². The SMILES string of the molecule is COc1ccc(Cl)cc1NC(=O)CSCC(C)CO. The van der Waals surface area contributed by atoms with Crippen LogP contribution in [0.5, 0.6) is 5.75 Å². The number of carbonyl (C=O) groups excluding carboxylic acids is 1. The molecule has 106 valence electrons. The first-order valence-electron chi connectivity index (χ1n) is 5.88. The second-order valence-electron chi connectivity index (χ2n) is 4.20. The van der Waals surface area contributed by atoms with Crippen molar-refractivity contribution < 1.29 is 14.6 Å². The molecule has 1 atom stereocenters. The molecule has 0 aliphatic rings. The van der Waals surface area contributed by atoms with Crippen LogP contribution in [0.4, 0.5) is 5.69 Å². The zero-order chi connectivity index (χ0) is 14.3. The molecule has 1 aromatic rings. The number of thioether (sulfide) groups is 1. The summed E-state index contributed by atoms with van der Waals surface area (Å²) in [6, 6.07) is 5.06. The maximum atomic E-state index is 11.8. The number of hydrogen-bond donors (Lipinski definition) is 2. The molecule has 0 heterocycles. The molecule has 19 heavy (non-hydrogen) atoms. The third kappa shape index (κ3) is 5.72. The van der Waals surface area contributed by atoms with Gasteiger partial charge in [0, 0.05) is 11.6 Å². The first kappa shape index (κ1) is 16.1. The Morgan fingerprint density at radius 1 is 1.58 bits per heavy atom. The predicted octanol–water partition coefficient (Wildman–Crippen LogP) is 2.65. The lowest BCUT2D eigenvalue weighted by atomic mass is 10.2. The Morgan fingerprint density at radius 3 is 2.95 bits per heavy atom. The van der Waals surface area contributed by atoms with Gasteiger partial charge in [0.05, 0.1) is 18.6 Å². The maximum Gasteiger partial charge on any atom is 0.234 e. The number of amides is 1. The molecular weight excluding hydrogens is 286 g/mol. The highest BCUT2D eigenvalue weighted by molar-refractivity contribution is 7.99. The second kappa shape index (κ2) is 8.30. The third-order valence-electron chi connectivity index (χ3n) is 2.38. The summed E-state index contributed by atoms with van der Waals surface area (Å²) in [5.41, 5.74) is 0.566. The smallest absolute Gasteiger partial charge is 0.234 e. The fourth-order valence-electron chi connectivity index (χ4n) is 1.37. The minimum Gasteiger partial charge on any atom is -0.495 e. The van der Waals surface area contributed by atoms with E-state index in [4.69, 9.17) is 21.4 Å². The number of ether oxygens (including phenoxy) is 1. The number of halogens is 1. The molecule has 1 amide bonds. The molecule has 0 radical (unpaired) electrons. The van der Waals surface area contributed by atoms with Gasteiger partial charge in [0.2, 0.25) is 5.91 Å². The normalized spacial score (nSPS) is 12.0. The number of anilines is 1. The fourth-order valence-corrected chi connectivity index (χ4v) is 2.42. The highest BCUT2D eigenvalue weighted by Crippen LogP contribution is 2.27. The number of nitrogens with one attached hydrogen (secondary N) is 1. The van der Waals surface area contributed by atoms with Crippen LogP contribution >= 0.6 is 23.4 Å². The lowest BCUT2D eigenvalue weighted by Crippen LogP contribution is -2.16. The van der Waals surface area contributed by atoms with Gasteiger partial charge in [-0.1, -0.05) is 18.5 Å². The first-order chi connectivity index (χ1) is 9.06. The quantitative estimate of drug-likeness (QED) is 0.813. The Bertz CT molecular complexity index is 428. The van der Waals surface area contributed by atoms with Crippen LogP contribution in [0.1, 0.15) is 6.92 Å². The molecule has 4 nitrogen and oxygen atoms in total. The number of hydrogen-bond acceptors (Lipinski definition) is 4. The number of benzene rings is 1. The molecule has 0 aliphatic heterocycles. The van der Waals surface area contributed by atoms with Crippen LogP contribution in [0.25, 0.3) is 0 Å². The summed E-state index contributed by atoms with van der Waals surface area (Å²) in [6.45, 7) is 2.07. The predicted molar refractivity (Wildman–Crippen MR) is 80.2 cm³/mol. The van der Waals surface area contributed by atoms with Gasteiger partial charge in [0.15, 0.2) is 0 Å². The molecule has 0 saturated heterocycles. The van der Waals surface area contributed by atoms with E-state index in [-0.39, 0.29) is 18.4 Å². The van der Waals surface area contributed by atoms with E-state index in [0.29, 0.717) is 22.2 Å². The van der Waals surface area contributed by atoms with E-state index in [0.717, 1.165) is 5.75 Å². The van der Waals surface area contributed by atoms with Crippen molar-refractivity contribution in [3.63, 3.8) is 0 Å². The first-order valence-corrected chi connectivity index (χ1v) is 7.42. The van der Waals surface area contributed by atoms with Crippen LogP contribution in [-0.2, 0) is 4.79 Å². The summed E-state index contributed by atoms with van der Waals surface area (Å²) in [6.07, 6.45) is 0. The van der Waals surface area contributed by atoms with E-state index >= 15 is 0 Å². The van der Waals surface area contributed by atoms with Crippen molar-refractivity contribution in [2.75, 3.05) is 30.5 Å². The topological polar surface area (TPSA) is 58.6 Å². The Kier molecular flexibility index (Phi) is 7.05. The van der Waals surface area contributed by atoms with Crippen molar-refractivity contribution in [3.8, 4) is 5.75 Å². The summed E-state index contributed by atoms with van der Waals surface area (Å²) in [5.74, 6) is 1.73. The molecule has 0 aliphatic carbocycles. The van der Waals surface area contributed by atoms with E-state index in [1.807, 2.05) is 6.92 Å². The minimum absolute atomic E-state index is 0.115. The van der Waals surface area contributed by atoms with Gasteiger partial charge in [-0.3, -0.25) is 4.79 Å². The van der Waals surface area contributed by atoms with E-state index in [1.54, 1.807) is 18.2 Å². The number of methoxy groups -OCH3 is 1. The van der Waals surface area contributed by atoms with Crippen molar-refractivity contribution in [2.45, 2.75) is 6.92 Å². The van der Waals surface area contributed by atoms with Gasteiger partial charge in [-0.2, -0.15) is 11.8 Å². The molecule has 0 fully saturated rings. The van der Waals surface area contributed by atoms with Crippen LogP contribution in [-0.4, -0.2) is 36.2 Å². The summed E-state index contributed by atoms with van der Waals surface area (Å²) in [7, 11) is 1.54. The summed E-state index contributed by atoms with van der Waals surface area (Å²) >= 11 is 7.37. The fraction of sp³-hybridized carbons (Fsp3) is 0.462. The summed E-state index contributed by atoms with van der Waals surface area (Å²) < 4.78 is 5.15. The number of aliphatic hydroxyl groups is 1. The zero-order valence-electron chi connectivity index (χ0n) is 11.0. The van der Waals surface area contributed by atoms with Crippen LogP contribution in [0, 0.1) is 5.92 Å². The molecular formula is C13H18ClNO3S. The minimum atomic E-state index is -0.115. The molecule has 1 rings (SSSR count). The van der Waals surface area contributed by atoms with Crippen molar-refractivity contribution >= 4 is 35.0 Å². The molecule has 1 aromatic carbocycles. The Morgan fingerprint density at radius 2 is 2.32 bits per heavy atom. The largest absolute Gasteiger partial charge is 0.495 e. The molecule has 0 bridgehead atoms. The molecule has 2 N–H and O–H groups in total. The van der Waals surface area contributed by atoms with Gasteiger partial charge in [0.1, 0.15) is 5.75 Å². The van der Waals surface area contributed by atoms with E-state index in [2.05, 4.69) is 5.32 Å². The van der Waals surface area contributed by atoms with Gasteiger partial charge in [-0.15, -0.1) is 0 Å². The monoisotopic (exact) mass is 303 g/mol. The van der Waals surface area contributed by atoms with E-state index in [9.17, 15) is 4.79 Å². The van der Waals surface area contributed by atoms with E-state index < -0.39 is 0 Å². The number of carbonyl (C=O) groups is 1. The van der Waals surface area contributed by atoms with Crippen LogP contribution in [0.2, 0.25) is 5.02 Å². The average Bonchev–Trinajstić information content (AvgIpc) is 2.38. The molecule has 0 saturated carbocycles. The lowest BCUT2D eigenvalue weighted by Gasteiger charge is -2.11. The van der Waals surface area contributed by atoms with E-state index in [1.165, 1.54) is 18.9 Å². The number of aliphatic hydroxyl groups excluding tert-OH is 1. The van der Waals surface area contributed by atoms with Crippen molar-refractivity contribution in [2.24, 2.45) is 5.92 Å². The molecule has 6 heteroatoms. The molecule has 0 spiro atoms. The highest BCUT2D eigenvalue weighted by Gasteiger charge is 2.09. The van der Waals surface area contributed by atoms with Crippen molar-refractivity contribution in [1.29, 1.82) is 0 Å². The van der Waals surface area contributed by atoms with Gasteiger partial charge in [-0.25, -0.2) is 0 Å². The third-order valence-corrected chi connectivity index (χ3v) is 3.89. The average molecular weight is 304 g/mol. The Balaban J connectivity index is 2.50. The maximum absolute atomic E-state index is 11.8. The van der Waals surface area contributed by atoms with Gasteiger partial charge in [-0.05, 0) is 29.9 Å². The molecule has 0 aromatic heterocycles. The zero-order valence-corrected chi connectivity index (χ0v) is 12.6. The summed E-state index contributed by atoms with van der Waals surface area (Å²) in [4.78, 5) is 11.8. The second-order valence-corrected chi connectivity index (χ2v) is 5.66. The van der Waals surface area contributed by atoms with Crippen molar-refractivity contribution in [1.82, 2.24) is 0 Å². The number of rotatable bonds is 7. The highest BCUT2D eigenvalue weighted by atomic mass is 35.5. The van der Waals surface area contributed by atoms with Crippen LogP contribution in [0.3, 0.4) is 0 Å². The standard InChI is InChI=1S/C13H18ClNO3S/c1-9(6-16)7-19-8-13(17)15-11-5-10(14)3-4-12(11)18-2/h3-5,9,16H,6-8H2,1-2H3,(H,15,17). The lowest BCUT2D eigenvalue weighted by molar-refractivity contribution is -0.113. The van der Waals surface area contributed by atoms with Crippen LogP contribution in [0.15, 0.2) is 18.2 Å². The van der Waals surface area contributed by atoms with Gasteiger partial charge >= 0.3 is 0 Å². The Labute approximate surface area is 122 Å². The Hall–Kier alpha value is -0.910. The van der Waals surface area contributed by atoms with Gasteiger partial charge < -0.3 is 15.2 Å². The van der Waals surface area contributed by atoms with Crippen LogP contribution < -0.4 is 10.1 Å². The molecule has 1 unspecified atom stereocenters. The summed E-state index contributed by atoms with van der Waals surface area (Å²) in [5, 5.41) is 12.2. The van der Waals surface area contributed by atoms with Crippen molar-refractivity contribution in [3.05, 3.63) is 23.2 Å².